The van der Waals surface area contributed by atoms with Crippen LogP contribution in [0.3, 0.4) is 0 Å². The Morgan fingerprint density at radius 2 is 1.50 bits per heavy atom. The molecule has 1 aromatic carbocycles. The zero-order chi connectivity index (χ0) is 21.2. The second kappa shape index (κ2) is 11.6. The zero-order valence-electron chi connectivity index (χ0n) is 18.7. The molecule has 0 spiro atoms. The Hall–Kier alpha value is -2.16. The van der Waals surface area contributed by atoms with Crippen molar-refractivity contribution in [3.63, 3.8) is 0 Å². The molecule has 154 valence electrons. The van der Waals surface area contributed by atoms with Crippen LogP contribution >= 0.6 is 0 Å². The molecule has 28 heavy (non-hydrogen) atoms. The van der Waals surface area contributed by atoms with Gasteiger partial charge in [0, 0.05) is 19.3 Å². The number of aromatic nitrogens is 1. The third-order valence-corrected chi connectivity index (χ3v) is 4.71. The molecule has 2 unspecified atom stereocenters. The first-order valence-electron chi connectivity index (χ1n) is 10.5. The van der Waals surface area contributed by atoms with Crippen LogP contribution in [0.1, 0.15) is 90.7 Å². The maximum atomic E-state index is 11.1. The molecule has 0 aliphatic rings. The molecule has 2 rings (SSSR count). The minimum absolute atomic E-state index is 0.246. The summed E-state index contributed by atoms with van der Waals surface area (Å²) in [6.45, 7) is 14.6. The lowest BCUT2D eigenvalue weighted by Gasteiger charge is -2.29. The monoisotopic (exact) mass is 383 g/mol. The van der Waals surface area contributed by atoms with Crippen molar-refractivity contribution in [1.29, 1.82) is 0 Å². The van der Waals surface area contributed by atoms with Crippen molar-refractivity contribution in [2.45, 2.75) is 79.6 Å². The molecule has 2 atom stereocenters. The van der Waals surface area contributed by atoms with Gasteiger partial charge in [0.1, 0.15) is 5.75 Å². The Labute approximate surface area is 171 Å². The van der Waals surface area contributed by atoms with Gasteiger partial charge in [0.15, 0.2) is 0 Å². The fourth-order valence-corrected chi connectivity index (χ4v) is 3.57. The molecule has 0 saturated heterocycles. The van der Waals surface area contributed by atoms with Gasteiger partial charge in [-0.3, -0.25) is 9.78 Å². The van der Waals surface area contributed by atoms with Crippen molar-refractivity contribution < 1.29 is 9.53 Å². The Balaban J connectivity index is 0.00000190. The second-order valence-corrected chi connectivity index (χ2v) is 8.25. The lowest BCUT2D eigenvalue weighted by molar-refractivity contribution is -0.131. The highest BCUT2D eigenvalue weighted by Gasteiger charge is 2.24. The number of esters is 1. The summed E-state index contributed by atoms with van der Waals surface area (Å²) in [6.07, 6.45) is 7.08. The highest BCUT2D eigenvalue weighted by Crippen LogP contribution is 2.39. The van der Waals surface area contributed by atoms with E-state index >= 15 is 0 Å². The van der Waals surface area contributed by atoms with Gasteiger partial charge in [-0.15, -0.1) is 0 Å². The van der Waals surface area contributed by atoms with Crippen molar-refractivity contribution in [3.05, 3.63) is 59.9 Å². The summed E-state index contributed by atoms with van der Waals surface area (Å²) in [4.78, 5) is 15.3. The number of carbonyl (C=O) groups excluding carboxylic acids is 1. The molecule has 0 N–H and O–H groups in total. The molecule has 0 amide bonds. The van der Waals surface area contributed by atoms with Gasteiger partial charge in [-0.25, -0.2) is 0 Å². The van der Waals surface area contributed by atoms with Crippen molar-refractivity contribution in [3.8, 4) is 5.75 Å². The second-order valence-electron chi connectivity index (χ2n) is 8.25. The van der Waals surface area contributed by atoms with Crippen LogP contribution < -0.4 is 4.74 Å². The topological polar surface area (TPSA) is 39.2 Å². The number of ether oxygens (including phenoxy) is 1. The predicted molar refractivity (Wildman–Crippen MR) is 118 cm³/mol. The minimum atomic E-state index is -0.285. The fourth-order valence-electron chi connectivity index (χ4n) is 3.57. The molecular weight excluding hydrogens is 346 g/mol. The first-order valence-corrected chi connectivity index (χ1v) is 10.5. The maximum absolute atomic E-state index is 11.1. The van der Waals surface area contributed by atoms with E-state index in [2.05, 4.69) is 56.9 Å². The summed E-state index contributed by atoms with van der Waals surface area (Å²) in [6, 6.07) is 12.3. The van der Waals surface area contributed by atoms with E-state index in [0.717, 1.165) is 19.3 Å². The summed E-state index contributed by atoms with van der Waals surface area (Å²) in [7, 11) is 0. The molecule has 0 aliphatic carbocycles. The molecule has 0 bridgehead atoms. The zero-order valence-corrected chi connectivity index (χ0v) is 18.7. The van der Waals surface area contributed by atoms with E-state index in [9.17, 15) is 4.79 Å². The van der Waals surface area contributed by atoms with E-state index in [4.69, 9.17) is 4.74 Å². The minimum Gasteiger partial charge on any atom is -0.427 e. The molecule has 0 saturated carbocycles. The van der Waals surface area contributed by atoms with Crippen LogP contribution in [-0.2, 0) is 4.79 Å². The Bertz CT molecular complexity index is 687. The van der Waals surface area contributed by atoms with Crippen LogP contribution in [0.15, 0.2) is 48.8 Å². The molecule has 1 aromatic heterocycles. The smallest absolute Gasteiger partial charge is 0.308 e. The first-order chi connectivity index (χ1) is 13.3. The van der Waals surface area contributed by atoms with Crippen LogP contribution in [0.25, 0.3) is 0 Å². The standard InChI is InChI=1S/C23H31NO2.C2H6/c1-6-18(20-11-13-24-14-12-20)15-21(16-23(3,4)5)19-7-9-22(10-8-19)26-17(2)25;1-2/h7-14,18,21H,6,15-16H2,1-5H3;1-2H3. The van der Waals surface area contributed by atoms with Crippen LogP contribution in [0.2, 0.25) is 0 Å². The van der Waals surface area contributed by atoms with Crippen molar-refractivity contribution in [1.82, 2.24) is 4.98 Å². The number of hydrogen-bond donors (Lipinski definition) is 0. The number of pyridine rings is 1. The Morgan fingerprint density at radius 1 is 0.964 bits per heavy atom. The summed E-state index contributed by atoms with van der Waals surface area (Å²) < 4.78 is 5.18. The Morgan fingerprint density at radius 3 is 1.96 bits per heavy atom. The molecule has 0 fully saturated rings. The lowest BCUT2D eigenvalue weighted by atomic mass is 9.76. The summed E-state index contributed by atoms with van der Waals surface area (Å²) in [5, 5.41) is 0. The average Bonchev–Trinajstić information content (AvgIpc) is 2.66. The predicted octanol–water partition coefficient (Wildman–Crippen LogP) is 7.14. The van der Waals surface area contributed by atoms with Gasteiger partial charge in [-0.05, 0) is 71.9 Å². The molecule has 0 radical (unpaired) electrons. The SMILES string of the molecule is CC.CCC(CC(CC(C)(C)C)c1ccc(OC(C)=O)cc1)c1ccncc1. The number of carbonyl (C=O) groups is 1. The molecular formula is C25H37NO2. The van der Waals surface area contributed by atoms with Crippen molar-refractivity contribution in [2.75, 3.05) is 0 Å². The molecule has 0 aliphatic heterocycles. The fraction of sp³-hybridized carbons (Fsp3) is 0.520. The average molecular weight is 384 g/mol. The van der Waals surface area contributed by atoms with Gasteiger partial charge >= 0.3 is 5.97 Å². The van der Waals surface area contributed by atoms with Crippen molar-refractivity contribution >= 4 is 5.97 Å². The molecule has 1 heterocycles. The van der Waals surface area contributed by atoms with Crippen LogP contribution in [0.5, 0.6) is 5.75 Å². The van der Waals surface area contributed by atoms with Gasteiger partial charge in [0.05, 0.1) is 0 Å². The molecule has 3 nitrogen and oxygen atoms in total. The van der Waals surface area contributed by atoms with Gasteiger partial charge in [-0.2, -0.15) is 0 Å². The van der Waals surface area contributed by atoms with E-state index in [1.807, 2.05) is 38.4 Å². The van der Waals surface area contributed by atoms with Gasteiger partial charge < -0.3 is 4.74 Å². The number of rotatable bonds is 7. The first kappa shape index (κ1) is 23.9. The summed E-state index contributed by atoms with van der Waals surface area (Å²) >= 11 is 0. The van der Waals surface area contributed by atoms with E-state index in [-0.39, 0.29) is 11.4 Å². The van der Waals surface area contributed by atoms with E-state index < -0.39 is 0 Å². The van der Waals surface area contributed by atoms with Gasteiger partial charge in [0.2, 0.25) is 0 Å². The summed E-state index contributed by atoms with van der Waals surface area (Å²) in [5.74, 6) is 1.29. The molecule has 2 aromatic rings. The van der Waals surface area contributed by atoms with E-state index in [0.29, 0.717) is 17.6 Å². The third kappa shape index (κ3) is 8.24. The van der Waals surface area contributed by atoms with Crippen molar-refractivity contribution in [2.24, 2.45) is 5.41 Å². The van der Waals surface area contributed by atoms with E-state index in [1.165, 1.54) is 18.1 Å². The number of benzene rings is 1. The molecule has 3 heteroatoms. The van der Waals surface area contributed by atoms with Crippen LogP contribution in [0.4, 0.5) is 0 Å². The summed E-state index contributed by atoms with van der Waals surface area (Å²) in [5.41, 5.74) is 2.91. The highest BCUT2D eigenvalue weighted by atomic mass is 16.5. The number of nitrogens with zero attached hydrogens (tertiary/aromatic N) is 1. The highest BCUT2D eigenvalue weighted by molar-refractivity contribution is 5.69. The van der Waals surface area contributed by atoms with Crippen LogP contribution in [-0.4, -0.2) is 11.0 Å². The van der Waals surface area contributed by atoms with Gasteiger partial charge in [0.25, 0.3) is 0 Å². The van der Waals surface area contributed by atoms with E-state index in [1.54, 1.807) is 0 Å². The van der Waals surface area contributed by atoms with Crippen LogP contribution in [0, 0.1) is 5.41 Å². The quantitative estimate of drug-likeness (QED) is 0.377. The maximum Gasteiger partial charge on any atom is 0.308 e. The normalized spacial score (nSPS) is 13.1. The third-order valence-electron chi connectivity index (χ3n) is 4.71. The Kier molecular flexibility index (Phi) is 9.92. The van der Waals surface area contributed by atoms with Gasteiger partial charge in [-0.1, -0.05) is 53.7 Å². The largest absolute Gasteiger partial charge is 0.427 e. The lowest BCUT2D eigenvalue weighted by Crippen LogP contribution is -2.15. The number of hydrogen-bond acceptors (Lipinski definition) is 3.